The molecule has 6 aromatic carbocycles. The fourth-order valence-corrected chi connectivity index (χ4v) is 6.64. The molecule has 0 amide bonds. The molecule has 46 heavy (non-hydrogen) atoms. The Bertz CT molecular complexity index is 2510. The first-order valence-corrected chi connectivity index (χ1v) is 15.2. The van der Waals surface area contributed by atoms with E-state index in [0.717, 1.165) is 39.0 Å². The molecule has 4 nitrogen and oxygen atoms in total. The molecule has 1 N–H and O–H groups in total. The third kappa shape index (κ3) is 4.67. The van der Waals surface area contributed by atoms with Gasteiger partial charge in [-0.05, 0) is 119 Å². The number of pyridine rings is 1. The van der Waals surface area contributed by atoms with Gasteiger partial charge in [0.05, 0.1) is 0 Å². The molecule has 0 radical (unpaired) electrons. The van der Waals surface area contributed by atoms with Gasteiger partial charge in [-0.15, -0.1) is 0 Å². The van der Waals surface area contributed by atoms with Crippen molar-refractivity contribution in [2.75, 3.05) is 6.54 Å². The average Bonchev–Trinajstić information content (AvgIpc) is 3.14. The minimum absolute atomic E-state index is 0.405. The van der Waals surface area contributed by atoms with E-state index in [2.05, 4.69) is 138 Å². The molecule has 0 aliphatic carbocycles. The lowest BCUT2D eigenvalue weighted by Gasteiger charge is -2.17. The van der Waals surface area contributed by atoms with Crippen LogP contribution in [0, 0.1) is 22.7 Å². The van der Waals surface area contributed by atoms with E-state index in [4.69, 9.17) is 0 Å². The van der Waals surface area contributed by atoms with Gasteiger partial charge in [-0.2, -0.15) is 10.5 Å². The van der Waals surface area contributed by atoms with E-state index in [1.54, 1.807) is 6.20 Å². The molecule has 1 aliphatic rings. The van der Waals surface area contributed by atoms with Crippen LogP contribution in [0.5, 0.6) is 0 Å². The van der Waals surface area contributed by atoms with Crippen molar-refractivity contribution in [3.05, 3.63) is 157 Å². The van der Waals surface area contributed by atoms with E-state index >= 15 is 0 Å². The molecule has 1 aromatic heterocycles. The minimum Gasteiger partial charge on any atom is -0.373 e. The first-order valence-electron chi connectivity index (χ1n) is 15.2. The van der Waals surface area contributed by atoms with Gasteiger partial charge in [-0.1, -0.05) is 91.0 Å². The van der Waals surface area contributed by atoms with Gasteiger partial charge in [0.15, 0.2) is 0 Å². The smallest absolute Gasteiger partial charge is 0.141 e. The van der Waals surface area contributed by atoms with Gasteiger partial charge >= 0.3 is 0 Å². The van der Waals surface area contributed by atoms with E-state index in [1.807, 2.05) is 18.2 Å². The van der Waals surface area contributed by atoms with Gasteiger partial charge in [-0.3, -0.25) is 0 Å². The van der Waals surface area contributed by atoms with E-state index < -0.39 is 0 Å². The van der Waals surface area contributed by atoms with Crippen LogP contribution in [-0.2, 0) is 0 Å². The molecule has 0 fully saturated rings. The third-order valence-electron chi connectivity index (χ3n) is 8.81. The second kappa shape index (κ2) is 11.2. The Morgan fingerprint density at radius 1 is 0.522 bits per heavy atom. The lowest BCUT2D eigenvalue weighted by Crippen LogP contribution is -2.15. The number of rotatable bonds is 4. The Kier molecular flexibility index (Phi) is 6.60. The number of aromatic nitrogens is 1. The lowest BCUT2D eigenvalue weighted by molar-refractivity contribution is 0.929. The number of hydrogen-bond acceptors (Lipinski definition) is 4. The van der Waals surface area contributed by atoms with Gasteiger partial charge in [0.25, 0.3) is 0 Å². The Morgan fingerprint density at radius 2 is 1.09 bits per heavy atom. The summed E-state index contributed by atoms with van der Waals surface area (Å²) in [7, 11) is 0. The summed E-state index contributed by atoms with van der Waals surface area (Å²) in [5.74, 6) is 0. The zero-order chi connectivity index (χ0) is 31.0. The molecular weight excluding hydrogens is 560 g/mol. The second-order valence-corrected chi connectivity index (χ2v) is 11.4. The zero-order valence-corrected chi connectivity index (χ0v) is 24.8. The molecule has 2 heterocycles. The minimum atomic E-state index is 0.405. The number of fused-ring (bicyclic) bond motifs is 5. The van der Waals surface area contributed by atoms with E-state index in [0.29, 0.717) is 17.9 Å². The normalized spacial score (nSPS) is 12.7. The molecule has 214 valence electrons. The molecule has 1 aliphatic heterocycles. The van der Waals surface area contributed by atoms with Crippen LogP contribution >= 0.6 is 0 Å². The van der Waals surface area contributed by atoms with Crippen LogP contribution in [0.1, 0.15) is 11.3 Å². The number of hydrogen-bond donors (Lipinski definition) is 1. The average molecular weight is 587 g/mol. The maximum Gasteiger partial charge on any atom is 0.141 e. The highest BCUT2D eigenvalue weighted by atomic mass is 14.9. The van der Waals surface area contributed by atoms with E-state index in [9.17, 15) is 10.5 Å². The summed E-state index contributed by atoms with van der Waals surface area (Å²) in [5.41, 5.74) is 9.73. The van der Waals surface area contributed by atoms with Crippen molar-refractivity contribution in [2.24, 2.45) is 0 Å². The lowest BCUT2D eigenvalue weighted by atomic mass is 9.87. The van der Waals surface area contributed by atoms with Crippen LogP contribution in [-0.4, -0.2) is 11.5 Å². The predicted molar refractivity (Wildman–Crippen MR) is 187 cm³/mol. The van der Waals surface area contributed by atoms with Gasteiger partial charge in [0.2, 0.25) is 0 Å². The monoisotopic (exact) mass is 586 g/mol. The summed E-state index contributed by atoms with van der Waals surface area (Å²) in [6, 6.07) is 47.3. The number of allylic oxidation sites excluding steroid dienone is 3. The van der Waals surface area contributed by atoms with Crippen LogP contribution < -0.4 is 5.32 Å². The van der Waals surface area contributed by atoms with Gasteiger partial charge < -0.3 is 5.32 Å². The maximum atomic E-state index is 9.45. The molecule has 0 bridgehead atoms. The Hall–Kier alpha value is -6.49. The fraction of sp³-hybridized carbons (Fsp3) is 0.0238. The van der Waals surface area contributed by atoms with Crippen molar-refractivity contribution in [1.29, 1.82) is 10.5 Å². The second-order valence-electron chi connectivity index (χ2n) is 11.4. The molecule has 0 spiro atoms. The van der Waals surface area contributed by atoms with Crippen LogP contribution in [0.3, 0.4) is 0 Å². The topological polar surface area (TPSA) is 72.5 Å². The molecule has 7 aromatic rings. The van der Waals surface area contributed by atoms with E-state index in [-0.39, 0.29) is 0 Å². The molecule has 4 heteroatoms. The Morgan fingerprint density at radius 3 is 1.72 bits per heavy atom. The molecule has 8 rings (SSSR count). The third-order valence-corrected chi connectivity index (χ3v) is 8.81. The summed E-state index contributed by atoms with van der Waals surface area (Å²) >= 11 is 0. The van der Waals surface area contributed by atoms with Gasteiger partial charge in [0, 0.05) is 12.7 Å². The SMILES string of the molecule is N#CC1=CC(c2cccc(-c3cc4c5ccccc5c(-c5cccc(-c6ccnc(C#N)c6)c5)cc4c4ccccc34)c2)=CCN1. The van der Waals surface area contributed by atoms with Crippen molar-refractivity contribution in [3.8, 4) is 45.5 Å². The first-order chi connectivity index (χ1) is 22.7. The summed E-state index contributed by atoms with van der Waals surface area (Å²) < 4.78 is 0. The van der Waals surface area contributed by atoms with Crippen molar-refractivity contribution in [3.63, 3.8) is 0 Å². The molecular formula is C42H26N4. The fourth-order valence-electron chi connectivity index (χ4n) is 6.64. The van der Waals surface area contributed by atoms with E-state index in [1.165, 1.54) is 37.9 Å². The summed E-state index contributed by atoms with van der Waals surface area (Å²) in [4.78, 5) is 4.15. The van der Waals surface area contributed by atoms with Crippen LogP contribution in [0.4, 0.5) is 0 Å². The number of nitriles is 2. The highest BCUT2D eigenvalue weighted by Crippen LogP contribution is 2.42. The van der Waals surface area contributed by atoms with Crippen molar-refractivity contribution >= 4 is 37.9 Å². The largest absolute Gasteiger partial charge is 0.373 e. The van der Waals surface area contributed by atoms with Gasteiger partial charge in [0.1, 0.15) is 23.5 Å². The van der Waals surface area contributed by atoms with Crippen molar-refractivity contribution < 1.29 is 0 Å². The molecule has 0 unspecified atom stereocenters. The number of dihydropyridines is 1. The molecule has 0 atom stereocenters. The van der Waals surface area contributed by atoms with Crippen LogP contribution in [0.25, 0.3) is 71.3 Å². The number of nitrogens with zero attached hydrogens (tertiary/aromatic N) is 3. The van der Waals surface area contributed by atoms with Crippen LogP contribution in [0.15, 0.2) is 145 Å². The number of nitrogens with one attached hydrogen (secondary N) is 1. The van der Waals surface area contributed by atoms with Crippen LogP contribution in [0.2, 0.25) is 0 Å². The Balaban J connectivity index is 1.35. The standard InChI is InChI=1S/C42H26N4/c43-25-33-21-29(15-17-45-33)27-7-5-9-31(19-27)39-23-42-38-14-4-2-12-36(38)40(24-41(42)37-13-3-1-11-35(37)39)32-10-6-8-28(20-32)30-16-18-46-34(22-30)26-44/h1-17,19-24,46H,18H2. The maximum absolute atomic E-state index is 9.45. The molecule has 0 saturated carbocycles. The quantitative estimate of drug-likeness (QED) is 0.208. The summed E-state index contributed by atoms with van der Waals surface area (Å²) in [6.07, 6.45) is 5.73. The molecule has 0 saturated heterocycles. The highest BCUT2D eigenvalue weighted by Gasteiger charge is 2.16. The predicted octanol–water partition coefficient (Wildman–Crippen LogP) is 9.81. The van der Waals surface area contributed by atoms with Crippen molar-refractivity contribution in [1.82, 2.24) is 10.3 Å². The summed E-state index contributed by atoms with van der Waals surface area (Å²) in [5, 5.41) is 29.1. The van der Waals surface area contributed by atoms with Crippen molar-refractivity contribution in [2.45, 2.75) is 0 Å². The number of benzene rings is 6. The summed E-state index contributed by atoms with van der Waals surface area (Å²) in [6.45, 7) is 0.637. The highest BCUT2D eigenvalue weighted by molar-refractivity contribution is 6.23. The Labute approximate surface area is 266 Å². The van der Waals surface area contributed by atoms with Gasteiger partial charge in [-0.25, -0.2) is 4.98 Å². The zero-order valence-electron chi connectivity index (χ0n) is 24.8. The first kappa shape index (κ1) is 27.1.